The molecule has 1 rings (SSSR count). The van der Waals surface area contributed by atoms with Crippen LogP contribution in [0.2, 0.25) is 0 Å². The molecule has 5 nitrogen and oxygen atoms in total. The largest absolute Gasteiger partial charge is 0.465 e. The lowest BCUT2D eigenvalue weighted by Gasteiger charge is -2.05. The highest BCUT2D eigenvalue weighted by Gasteiger charge is 2.06. The van der Waals surface area contributed by atoms with E-state index < -0.39 is 12.1 Å². The van der Waals surface area contributed by atoms with Gasteiger partial charge in [-0.25, -0.2) is 9.59 Å². The minimum atomic E-state index is -0.573. The van der Waals surface area contributed by atoms with Crippen LogP contribution in [-0.2, 0) is 9.47 Å². The standard InChI is InChI=1S/C12H13NO4/c1-3-8-17-12(15)13-10-6-4-9(5-7-10)11(14)16-2/h3-7H,1,8H2,2H3,(H,13,15). The van der Waals surface area contributed by atoms with Gasteiger partial charge >= 0.3 is 12.1 Å². The SMILES string of the molecule is C=CCOC(=O)Nc1ccc(C(=O)OC)cc1. The lowest BCUT2D eigenvalue weighted by Crippen LogP contribution is -2.13. The number of anilines is 1. The summed E-state index contributed by atoms with van der Waals surface area (Å²) in [6, 6.07) is 6.27. The normalized spacial score (nSPS) is 9.24. The quantitative estimate of drug-likeness (QED) is 0.642. The molecule has 0 unspecified atom stereocenters. The number of carbonyl (C=O) groups excluding carboxylic acids is 2. The van der Waals surface area contributed by atoms with Crippen LogP contribution in [0, 0.1) is 0 Å². The van der Waals surface area contributed by atoms with Gasteiger partial charge in [0.15, 0.2) is 0 Å². The number of esters is 1. The average molecular weight is 235 g/mol. The van der Waals surface area contributed by atoms with Crippen LogP contribution in [0.4, 0.5) is 10.5 Å². The van der Waals surface area contributed by atoms with E-state index >= 15 is 0 Å². The average Bonchev–Trinajstić information content (AvgIpc) is 2.36. The first-order valence-corrected chi connectivity index (χ1v) is 4.90. The van der Waals surface area contributed by atoms with Crippen molar-refractivity contribution in [3.8, 4) is 0 Å². The zero-order valence-corrected chi connectivity index (χ0v) is 9.43. The van der Waals surface area contributed by atoms with Crippen molar-refractivity contribution in [2.24, 2.45) is 0 Å². The Bertz CT molecular complexity index is 411. The molecule has 0 aliphatic heterocycles. The Labute approximate surface area is 99.0 Å². The second-order valence-electron chi connectivity index (χ2n) is 3.08. The second-order valence-corrected chi connectivity index (χ2v) is 3.08. The fourth-order valence-electron chi connectivity index (χ4n) is 1.10. The van der Waals surface area contributed by atoms with Crippen LogP contribution in [0.1, 0.15) is 10.4 Å². The Morgan fingerprint density at radius 2 is 2.00 bits per heavy atom. The van der Waals surface area contributed by atoms with Crippen LogP contribution in [0.25, 0.3) is 0 Å². The van der Waals surface area contributed by atoms with Crippen LogP contribution in [0.15, 0.2) is 36.9 Å². The predicted octanol–water partition coefficient (Wildman–Crippen LogP) is 2.21. The molecule has 1 aromatic carbocycles. The van der Waals surface area contributed by atoms with Crippen LogP contribution in [0.3, 0.4) is 0 Å². The monoisotopic (exact) mass is 235 g/mol. The summed E-state index contributed by atoms with van der Waals surface area (Å²) in [5.74, 6) is -0.425. The van der Waals surface area contributed by atoms with Crippen molar-refractivity contribution >= 4 is 17.7 Å². The van der Waals surface area contributed by atoms with Crippen LogP contribution in [-0.4, -0.2) is 25.8 Å². The molecule has 0 aliphatic rings. The topological polar surface area (TPSA) is 64.6 Å². The summed E-state index contributed by atoms with van der Waals surface area (Å²) in [5.41, 5.74) is 0.948. The highest BCUT2D eigenvalue weighted by molar-refractivity contribution is 5.90. The highest BCUT2D eigenvalue weighted by atomic mass is 16.5. The molecule has 90 valence electrons. The van der Waals surface area contributed by atoms with E-state index in [0.717, 1.165) is 0 Å². The molecule has 1 aromatic rings. The first kappa shape index (κ1) is 12.8. The Kier molecular flexibility index (Phi) is 4.75. The van der Waals surface area contributed by atoms with Crippen molar-refractivity contribution in [2.45, 2.75) is 0 Å². The predicted molar refractivity (Wildman–Crippen MR) is 62.9 cm³/mol. The maximum atomic E-state index is 11.2. The lowest BCUT2D eigenvalue weighted by atomic mass is 10.2. The molecule has 1 amide bonds. The van der Waals surface area contributed by atoms with E-state index in [1.54, 1.807) is 24.3 Å². The third-order valence-corrected chi connectivity index (χ3v) is 1.88. The van der Waals surface area contributed by atoms with Gasteiger partial charge in [-0.1, -0.05) is 12.7 Å². The molecular formula is C12H13NO4. The van der Waals surface area contributed by atoms with Crippen molar-refractivity contribution in [3.63, 3.8) is 0 Å². The molecular weight excluding hydrogens is 222 g/mol. The van der Waals surface area contributed by atoms with Gasteiger partial charge in [-0.05, 0) is 24.3 Å². The molecule has 0 radical (unpaired) electrons. The second kappa shape index (κ2) is 6.32. The van der Waals surface area contributed by atoms with Gasteiger partial charge in [0.1, 0.15) is 6.61 Å². The molecule has 0 aromatic heterocycles. The summed E-state index contributed by atoms with van der Waals surface area (Å²) in [6.45, 7) is 3.57. The first-order chi connectivity index (χ1) is 8.17. The molecule has 0 atom stereocenters. The molecule has 0 saturated heterocycles. The van der Waals surface area contributed by atoms with Gasteiger partial charge in [0.05, 0.1) is 12.7 Å². The summed E-state index contributed by atoms with van der Waals surface area (Å²) in [6.07, 6.45) is 0.899. The van der Waals surface area contributed by atoms with Gasteiger partial charge < -0.3 is 9.47 Å². The molecule has 0 aliphatic carbocycles. The number of hydrogen-bond donors (Lipinski definition) is 1. The van der Waals surface area contributed by atoms with Crippen molar-refractivity contribution in [2.75, 3.05) is 19.0 Å². The molecule has 17 heavy (non-hydrogen) atoms. The Morgan fingerprint density at radius 3 is 2.53 bits per heavy atom. The Balaban J connectivity index is 2.59. The van der Waals surface area contributed by atoms with Crippen LogP contribution < -0.4 is 5.32 Å². The maximum absolute atomic E-state index is 11.2. The van der Waals surface area contributed by atoms with Gasteiger partial charge in [-0.2, -0.15) is 0 Å². The molecule has 0 spiro atoms. The van der Waals surface area contributed by atoms with E-state index in [1.807, 2.05) is 0 Å². The Hall–Kier alpha value is -2.30. The molecule has 0 bridgehead atoms. The summed E-state index contributed by atoms with van der Waals surface area (Å²) in [5, 5.41) is 2.50. The minimum absolute atomic E-state index is 0.145. The van der Waals surface area contributed by atoms with Gasteiger partial charge in [0.25, 0.3) is 0 Å². The number of methoxy groups -OCH3 is 1. The van der Waals surface area contributed by atoms with Gasteiger partial charge in [0.2, 0.25) is 0 Å². The minimum Gasteiger partial charge on any atom is -0.465 e. The van der Waals surface area contributed by atoms with E-state index in [9.17, 15) is 9.59 Å². The molecule has 0 fully saturated rings. The molecule has 0 heterocycles. The van der Waals surface area contributed by atoms with E-state index in [4.69, 9.17) is 4.74 Å². The molecule has 5 heteroatoms. The maximum Gasteiger partial charge on any atom is 0.411 e. The summed E-state index contributed by atoms with van der Waals surface area (Å²) in [4.78, 5) is 22.3. The third-order valence-electron chi connectivity index (χ3n) is 1.88. The van der Waals surface area contributed by atoms with Crippen LogP contribution >= 0.6 is 0 Å². The molecule has 1 N–H and O–H groups in total. The van der Waals surface area contributed by atoms with Gasteiger partial charge in [-0.3, -0.25) is 5.32 Å². The lowest BCUT2D eigenvalue weighted by molar-refractivity contribution is 0.0600. The zero-order chi connectivity index (χ0) is 12.7. The van der Waals surface area contributed by atoms with Crippen molar-refractivity contribution in [1.29, 1.82) is 0 Å². The number of hydrogen-bond acceptors (Lipinski definition) is 4. The summed E-state index contributed by atoms with van der Waals surface area (Å²) in [7, 11) is 1.31. The number of amides is 1. The number of nitrogens with one attached hydrogen (secondary N) is 1. The van der Waals surface area contributed by atoms with E-state index in [1.165, 1.54) is 13.2 Å². The van der Waals surface area contributed by atoms with Crippen molar-refractivity contribution in [1.82, 2.24) is 0 Å². The smallest absolute Gasteiger partial charge is 0.411 e. The highest BCUT2D eigenvalue weighted by Crippen LogP contribution is 2.10. The number of rotatable bonds is 4. The fourth-order valence-corrected chi connectivity index (χ4v) is 1.10. The van der Waals surface area contributed by atoms with E-state index in [2.05, 4.69) is 16.6 Å². The fraction of sp³-hybridized carbons (Fsp3) is 0.167. The zero-order valence-electron chi connectivity index (χ0n) is 9.43. The van der Waals surface area contributed by atoms with Crippen molar-refractivity contribution in [3.05, 3.63) is 42.5 Å². The molecule has 0 saturated carbocycles. The first-order valence-electron chi connectivity index (χ1n) is 4.90. The van der Waals surface area contributed by atoms with Gasteiger partial charge in [0, 0.05) is 5.69 Å². The third kappa shape index (κ3) is 3.98. The van der Waals surface area contributed by atoms with Gasteiger partial charge in [-0.15, -0.1) is 0 Å². The van der Waals surface area contributed by atoms with E-state index in [-0.39, 0.29) is 6.61 Å². The number of ether oxygens (including phenoxy) is 2. The Morgan fingerprint density at radius 1 is 1.35 bits per heavy atom. The van der Waals surface area contributed by atoms with Crippen molar-refractivity contribution < 1.29 is 19.1 Å². The number of carbonyl (C=O) groups is 2. The number of benzene rings is 1. The van der Waals surface area contributed by atoms with E-state index in [0.29, 0.717) is 11.3 Å². The summed E-state index contributed by atoms with van der Waals surface area (Å²) < 4.78 is 9.28. The van der Waals surface area contributed by atoms with Crippen LogP contribution in [0.5, 0.6) is 0 Å². The summed E-state index contributed by atoms with van der Waals surface area (Å²) >= 11 is 0.